The van der Waals surface area contributed by atoms with Crippen LogP contribution in [0.25, 0.3) is 0 Å². The highest BCUT2D eigenvalue weighted by atomic mass is 19.3. The zero-order chi connectivity index (χ0) is 24.9. The Labute approximate surface area is 196 Å². The smallest absolute Gasteiger partial charge is 0.447 e. The van der Waals surface area contributed by atoms with Crippen LogP contribution in [0.1, 0.15) is 20.7 Å². The van der Waals surface area contributed by atoms with E-state index in [1.165, 1.54) is 33.7 Å². The first-order valence-corrected chi connectivity index (χ1v) is 10.5. The molecule has 2 aromatic rings. The number of hydrogen-bond donors (Lipinski definition) is 0. The van der Waals surface area contributed by atoms with Crippen molar-refractivity contribution in [1.29, 1.82) is 0 Å². The number of nitrogens with zero attached hydrogens (tertiary/aromatic N) is 2. The summed E-state index contributed by atoms with van der Waals surface area (Å²) in [4.78, 5) is 26.4. The Bertz CT molecular complexity index is 1030. The molecule has 10 heteroatoms. The molecule has 182 valence electrons. The first-order chi connectivity index (χ1) is 16.1. The molecule has 8 nitrogen and oxygen atoms in total. The molecule has 0 radical (unpaired) electrons. The molecule has 0 bridgehead atoms. The molecule has 3 rings (SSSR count). The highest BCUT2D eigenvalue weighted by Gasteiger charge is 2.64. The monoisotopic (exact) mass is 477 g/mol. The lowest BCUT2D eigenvalue weighted by molar-refractivity contribution is -0.484. The van der Waals surface area contributed by atoms with Crippen molar-refractivity contribution in [3.63, 3.8) is 0 Å². The van der Waals surface area contributed by atoms with E-state index in [9.17, 15) is 9.59 Å². The maximum absolute atomic E-state index is 15.4. The molecule has 1 aliphatic heterocycles. The van der Waals surface area contributed by atoms with Gasteiger partial charge in [-0.1, -0.05) is 36.4 Å². The SMILES string of the molecule is CN(C)C(O[C@@H]1O[C@H](COC(=O)c2ccccc2)[C@H](OC(=O)c2ccccc2)C1(F)F)=[N+](C)C. The average Bonchev–Trinajstić information content (AvgIpc) is 3.05. The normalized spacial score (nSPS) is 20.8. The average molecular weight is 477 g/mol. The van der Waals surface area contributed by atoms with Crippen LogP contribution in [0, 0.1) is 0 Å². The highest BCUT2D eigenvalue weighted by molar-refractivity contribution is 5.90. The van der Waals surface area contributed by atoms with Crippen LogP contribution in [0.4, 0.5) is 8.78 Å². The minimum atomic E-state index is -3.74. The van der Waals surface area contributed by atoms with Crippen molar-refractivity contribution >= 4 is 18.0 Å². The Morgan fingerprint density at radius 1 is 0.941 bits per heavy atom. The fraction of sp³-hybridized carbons (Fsp3) is 0.375. The Morgan fingerprint density at radius 3 is 1.97 bits per heavy atom. The van der Waals surface area contributed by atoms with Gasteiger partial charge in [-0.05, 0) is 24.3 Å². The van der Waals surface area contributed by atoms with E-state index in [2.05, 4.69) is 0 Å². The van der Waals surface area contributed by atoms with E-state index in [1.54, 1.807) is 64.6 Å². The minimum absolute atomic E-state index is 0.0940. The second kappa shape index (κ2) is 10.6. The molecule has 1 saturated heterocycles. The van der Waals surface area contributed by atoms with Gasteiger partial charge >= 0.3 is 23.9 Å². The summed E-state index contributed by atoms with van der Waals surface area (Å²) < 4.78 is 53.6. The van der Waals surface area contributed by atoms with Crippen molar-refractivity contribution in [2.75, 3.05) is 34.8 Å². The predicted molar refractivity (Wildman–Crippen MR) is 118 cm³/mol. The van der Waals surface area contributed by atoms with Crippen LogP contribution in [0.15, 0.2) is 60.7 Å². The second-order valence-electron chi connectivity index (χ2n) is 8.03. The minimum Gasteiger partial charge on any atom is -0.459 e. The molecule has 0 saturated carbocycles. The van der Waals surface area contributed by atoms with Crippen molar-refractivity contribution < 1.29 is 41.9 Å². The van der Waals surface area contributed by atoms with Crippen LogP contribution in [-0.2, 0) is 18.9 Å². The van der Waals surface area contributed by atoms with Gasteiger partial charge in [-0.2, -0.15) is 8.78 Å². The first-order valence-electron chi connectivity index (χ1n) is 10.5. The molecule has 1 heterocycles. The quantitative estimate of drug-likeness (QED) is 0.274. The largest absolute Gasteiger partial charge is 0.459 e. The number of alkyl halides is 2. The summed E-state index contributed by atoms with van der Waals surface area (Å²) in [6.07, 6.45) is -5.61. The van der Waals surface area contributed by atoms with Crippen molar-refractivity contribution in [3.8, 4) is 0 Å². The maximum atomic E-state index is 15.4. The summed E-state index contributed by atoms with van der Waals surface area (Å²) in [5, 5.41) is 0. The Morgan fingerprint density at radius 2 is 1.47 bits per heavy atom. The number of esters is 2. The standard InChI is InChI=1S/C24H27F2N2O6/c1-27(2)23(28(3)4)34-22-24(25,26)19(33-21(30)17-13-9-6-10-14-17)18(32-22)15-31-20(29)16-11-7-5-8-12-16/h5-14,18-19,22H,15H2,1-4H3/q+1/t18-,19+,22+/m1/s1. The number of ether oxygens (including phenoxy) is 4. The lowest BCUT2D eigenvalue weighted by Crippen LogP contribution is -2.47. The number of carbonyl (C=O) groups is 2. The summed E-state index contributed by atoms with van der Waals surface area (Å²) in [6, 6.07) is 15.9. The van der Waals surface area contributed by atoms with Gasteiger partial charge in [-0.15, -0.1) is 0 Å². The number of halogens is 2. The van der Waals surface area contributed by atoms with E-state index in [1.807, 2.05) is 0 Å². The van der Waals surface area contributed by atoms with Crippen molar-refractivity contribution in [2.45, 2.75) is 24.4 Å². The molecule has 1 fully saturated rings. The third kappa shape index (κ3) is 5.69. The summed E-state index contributed by atoms with van der Waals surface area (Å²) in [7, 11) is 6.48. The molecule has 0 N–H and O–H groups in total. The van der Waals surface area contributed by atoms with Gasteiger partial charge in [-0.25, -0.2) is 19.1 Å². The molecule has 0 amide bonds. The van der Waals surface area contributed by atoms with Crippen LogP contribution in [0.2, 0.25) is 0 Å². The van der Waals surface area contributed by atoms with Gasteiger partial charge in [0.2, 0.25) is 6.10 Å². The van der Waals surface area contributed by atoms with Gasteiger partial charge in [0.15, 0.2) is 0 Å². The Kier molecular flexibility index (Phi) is 7.83. The zero-order valence-corrected chi connectivity index (χ0v) is 19.3. The topological polar surface area (TPSA) is 77.3 Å². The van der Waals surface area contributed by atoms with Crippen LogP contribution in [0.5, 0.6) is 0 Å². The zero-order valence-electron chi connectivity index (χ0n) is 19.3. The van der Waals surface area contributed by atoms with Gasteiger partial charge in [0.05, 0.1) is 39.3 Å². The second-order valence-corrected chi connectivity index (χ2v) is 8.03. The van der Waals surface area contributed by atoms with E-state index in [4.69, 9.17) is 18.9 Å². The van der Waals surface area contributed by atoms with Gasteiger partial charge in [0.1, 0.15) is 12.7 Å². The van der Waals surface area contributed by atoms with Crippen molar-refractivity contribution in [3.05, 3.63) is 71.8 Å². The van der Waals surface area contributed by atoms with Crippen molar-refractivity contribution in [1.82, 2.24) is 4.90 Å². The fourth-order valence-electron chi connectivity index (χ4n) is 3.37. The van der Waals surface area contributed by atoms with Gasteiger partial charge in [0, 0.05) is 0 Å². The predicted octanol–water partition coefficient (Wildman–Crippen LogP) is 2.64. The van der Waals surface area contributed by atoms with Gasteiger partial charge in [-0.3, -0.25) is 0 Å². The van der Waals surface area contributed by atoms with Gasteiger partial charge < -0.3 is 18.9 Å². The Hall–Kier alpha value is -3.53. The molecular formula is C24H27F2N2O6+. The highest BCUT2D eigenvalue weighted by Crippen LogP contribution is 2.39. The molecular weight excluding hydrogens is 450 g/mol. The number of benzene rings is 2. The van der Waals surface area contributed by atoms with Crippen LogP contribution >= 0.6 is 0 Å². The van der Waals surface area contributed by atoms with Crippen LogP contribution in [0.3, 0.4) is 0 Å². The molecule has 0 aliphatic carbocycles. The molecule has 3 atom stereocenters. The lowest BCUT2D eigenvalue weighted by atomic mass is 10.1. The van der Waals surface area contributed by atoms with Crippen LogP contribution in [-0.4, -0.2) is 86.7 Å². The molecule has 0 aromatic heterocycles. The van der Waals surface area contributed by atoms with Gasteiger partial charge in [0.25, 0.3) is 6.29 Å². The molecule has 0 spiro atoms. The third-order valence-electron chi connectivity index (χ3n) is 4.94. The number of carbonyl (C=O) groups excluding carboxylic acids is 2. The maximum Gasteiger partial charge on any atom is 0.447 e. The van der Waals surface area contributed by atoms with Crippen molar-refractivity contribution in [2.24, 2.45) is 0 Å². The molecule has 0 unspecified atom stereocenters. The number of hydrogen-bond acceptors (Lipinski definition) is 6. The molecule has 34 heavy (non-hydrogen) atoms. The Balaban J connectivity index is 1.83. The van der Waals surface area contributed by atoms with Crippen LogP contribution < -0.4 is 0 Å². The van der Waals surface area contributed by atoms with E-state index in [0.717, 1.165) is 0 Å². The molecule has 1 aliphatic rings. The van der Waals surface area contributed by atoms with E-state index < -0.39 is 43.0 Å². The first kappa shape index (κ1) is 25.1. The summed E-state index contributed by atoms with van der Waals surface area (Å²) in [5.41, 5.74) is 0.338. The fourth-order valence-corrected chi connectivity index (χ4v) is 3.37. The summed E-state index contributed by atoms with van der Waals surface area (Å²) in [6.45, 7) is -0.574. The summed E-state index contributed by atoms with van der Waals surface area (Å²) in [5.74, 6) is -5.43. The lowest BCUT2D eigenvalue weighted by Gasteiger charge is -2.24. The van der Waals surface area contributed by atoms with E-state index in [-0.39, 0.29) is 17.1 Å². The summed E-state index contributed by atoms with van der Waals surface area (Å²) >= 11 is 0. The third-order valence-corrected chi connectivity index (χ3v) is 4.94. The number of rotatable bonds is 6. The molecule has 2 aromatic carbocycles. The number of amidine groups is 1. The van der Waals surface area contributed by atoms with E-state index >= 15 is 8.78 Å². The van der Waals surface area contributed by atoms with E-state index in [0.29, 0.717) is 0 Å².